The van der Waals surface area contributed by atoms with E-state index < -0.39 is 6.61 Å². The lowest BCUT2D eigenvalue weighted by atomic mass is 10.0. The summed E-state index contributed by atoms with van der Waals surface area (Å²) >= 11 is 0. The molecular formula is C16H17F2N3O. The van der Waals surface area contributed by atoms with Gasteiger partial charge in [0.2, 0.25) is 0 Å². The van der Waals surface area contributed by atoms with E-state index >= 15 is 0 Å². The Kier molecular flexibility index (Phi) is 4.93. The molecule has 3 N–H and O–H groups in total. The number of nitrogens with two attached hydrogens (primary N) is 1. The Morgan fingerprint density at radius 1 is 1.14 bits per heavy atom. The van der Waals surface area contributed by atoms with Gasteiger partial charge in [-0.15, -0.1) is 0 Å². The van der Waals surface area contributed by atoms with Crippen LogP contribution in [0, 0.1) is 0 Å². The normalized spacial score (nSPS) is 11.6. The van der Waals surface area contributed by atoms with Crippen LogP contribution >= 0.6 is 0 Å². The standard InChI is InChI=1S/C16H17F2N3O/c1-20-14-9-11(5-8-13(14)15(19)21-2)10-3-6-12(7-4-10)22-16(17)18/h3-9,16,20H,1-2H3,(H2,19,21). The van der Waals surface area contributed by atoms with Gasteiger partial charge in [0.05, 0.1) is 0 Å². The Labute approximate surface area is 127 Å². The van der Waals surface area contributed by atoms with E-state index in [4.69, 9.17) is 5.73 Å². The van der Waals surface area contributed by atoms with Gasteiger partial charge in [-0.2, -0.15) is 8.78 Å². The third-order valence-corrected chi connectivity index (χ3v) is 3.22. The Morgan fingerprint density at radius 3 is 2.32 bits per heavy atom. The summed E-state index contributed by atoms with van der Waals surface area (Å²) in [5, 5.41) is 3.07. The molecule has 0 aliphatic heterocycles. The number of alkyl halides is 2. The summed E-state index contributed by atoms with van der Waals surface area (Å²) in [5.41, 5.74) is 9.32. The minimum absolute atomic E-state index is 0.131. The molecule has 116 valence electrons. The van der Waals surface area contributed by atoms with Crippen molar-refractivity contribution in [1.82, 2.24) is 0 Å². The molecule has 0 heterocycles. The largest absolute Gasteiger partial charge is 0.435 e. The van der Waals surface area contributed by atoms with Gasteiger partial charge in [-0.3, -0.25) is 4.99 Å². The summed E-state index contributed by atoms with van der Waals surface area (Å²) in [6.45, 7) is -2.82. The first-order chi connectivity index (χ1) is 10.5. The van der Waals surface area contributed by atoms with Crippen molar-refractivity contribution in [2.45, 2.75) is 6.61 Å². The molecule has 2 aromatic carbocycles. The molecular weight excluding hydrogens is 288 g/mol. The first-order valence-corrected chi connectivity index (χ1v) is 6.65. The summed E-state index contributed by atoms with van der Waals surface area (Å²) in [6, 6.07) is 12.2. The van der Waals surface area contributed by atoms with Crippen molar-refractivity contribution in [3.05, 3.63) is 48.0 Å². The molecule has 0 unspecified atom stereocenters. The number of amidine groups is 1. The molecule has 0 amide bonds. The number of rotatable bonds is 5. The molecule has 2 aromatic rings. The molecule has 0 aliphatic rings. The van der Waals surface area contributed by atoms with Crippen molar-refractivity contribution in [3.63, 3.8) is 0 Å². The van der Waals surface area contributed by atoms with Crippen LogP contribution < -0.4 is 15.8 Å². The molecule has 0 spiro atoms. The maximum atomic E-state index is 12.1. The highest BCUT2D eigenvalue weighted by molar-refractivity contribution is 6.03. The van der Waals surface area contributed by atoms with E-state index in [1.165, 1.54) is 12.1 Å². The number of halogens is 2. The van der Waals surface area contributed by atoms with Gasteiger partial charge in [-0.1, -0.05) is 18.2 Å². The molecule has 0 aliphatic carbocycles. The zero-order chi connectivity index (χ0) is 16.1. The maximum absolute atomic E-state index is 12.1. The van der Waals surface area contributed by atoms with Crippen molar-refractivity contribution < 1.29 is 13.5 Å². The zero-order valence-corrected chi connectivity index (χ0v) is 12.3. The lowest BCUT2D eigenvalue weighted by molar-refractivity contribution is -0.0498. The SMILES string of the molecule is CN=C(N)c1ccc(-c2ccc(OC(F)F)cc2)cc1NC. The summed E-state index contributed by atoms with van der Waals surface area (Å²) in [4.78, 5) is 3.98. The highest BCUT2D eigenvalue weighted by Crippen LogP contribution is 2.27. The van der Waals surface area contributed by atoms with Crippen molar-refractivity contribution in [3.8, 4) is 16.9 Å². The summed E-state index contributed by atoms with van der Waals surface area (Å²) in [7, 11) is 3.43. The lowest BCUT2D eigenvalue weighted by Gasteiger charge is -2.11. The third kappa shape index (κ3) is 3.52. The van der Waals surface area contributed by atoms with Gasteiger partial charge in [-0.25, -0.2) is 0 Å². The van der Waals surface area contributed by atoms with Gasteiger partial charge in [0.25, 0.3) is 0 Å². The van der Waals surface area contributed by atoms with Crippen molar-refractivity contribution in [2.75, 3.05) is 19.4 Å². The fourth-order valence-corrected chi connectivity index (χ4v) is 2.10. The number of nitrogens with zero attached hydrogens (tertiary/aromatic N) is 1. The quantitative estimate of drug-likeness (QED) is 0.658. The highest BCUT2D eigenvalue weighted by atomic mass is 19.3. The monoisotopic (exact) mass is 305 g/mol. The van der Waals surface area contributed by atoms with Crippen molar-refractivity contribution >= 4 is 11.5 Å². The molecule has 0 radical (unpaired) electrons. The van der Waals surface area contributed by atoms with E-state index in [1.807, 2.05) is 18.2 Å². The average Bonchev–Trinajstić information content (AvgIpc) is 2.53. The van der Waals surface area contributed by atoms with Gasteiger partial charge < -0.3 is 15.8 Å². The smallest absolute Gasteiger partial charge is 0.387 e. The molecule has 0 saturated heterocycles. The number of hydrogen-bond donors (Lipinski definition) is 2. The van der Waals surface area contributed by atoms with E-state index in [0.29, 0.717) is 5.84 Å². The summed E-state index contributed by atoms with van der Waals surface area (Å²) in [5.74, 6) is 0.572. The Bertz CT molecular complexity index is 670. The van der Waals surface area contributed by atoms with Crippen LogP contribution in [-0.4, -0.2) is 26.5 Å². The topological polar surface area (TPSA) is 59.6 Å². The predicted octanol–water partition coefficient (Wildman–Crippen LogP) is 3.33. The molecule has 2 rings (SSSR count). The molecule has 22 heavy (non-hydrogen) atoms. The van der Waals surface area contributed by atoms with Gasteiger partial charge in [-0.05, 0) is 35.4 Å². The van der Waals surface area contributed by atoms with Gasteiger partial charge in [0.15, 0.2) is 0 Å². The van der Waals surface area contributed by atoms with E-state index in [9.17, 15) is 8.78 Å². The van der Waals surface area contributed by atoms with Crippen LogP contribution in [0.3, 0.4) is 0 Å². The fraction of sp³-hybridized carbons (Fsp3) is 0.188. The molecule has 0 bridgehead atoms. The van der Waals surface area contributed by atoms with Crippen molar-refractivity contribution in [2.24, 2.45) is 10.7 Å². The summed E-state index contributed by atoms with van der Waals surface area (Å²) in [6.07, 6.45) is 0. The van der Waals surface area contributed by atoms with E-state index in [-0.39, 0.29) is 5.75 Å². The molecule has 0 atom stereocenters. The molecule has 0 saturated carbocycles. The van der Waals surface area contributed by atoms with E-state index in [2.05, 4.69) is 15.0 Å². The number of ether oxygens (including phenoxy) is 1. The van der Waals surface area contributed by atoms with Crippen LogP contribution in [0.5, 0.6) is 5.75 Å². The first kappa shape index (κ1) is 15.8. The second-order valence-corrected chi connectivity index (χ2v) is 4.52. The summed E-state index contributed by atoms with van der Waals surface area (Å²) < 4.78 is 28.6. The maximum Gasteiger partial charge on any atom is 0.387 e. The molecule has 0 aromatic heterocycles. The fourth-order valence-electron chi connectivity index (χ4n) is 2.10. The third-order valence-electron chi connectivity index (χ3n) is 3.22. The number of nitrogens with one attached hydrogen (secondary N) is 1. The second kappa shape index (κ2) is 6.89. The Hall–Kier alpha value is -2.63. The van der Waals surface area contributed by atoms with Crippen LogP contribution in [0.15, 0.2) is 47.5 Å². The van der Waals surface area contributed by atoms with Crippen LogP contribution in [0.25, 0.3) is 11.1 Å². The Balaban J connectivity index is 2.33. The number of anilines is 1. The van der Waals surface area contributed by atoms with Crippen LogP contribution in [0.1, 0.15) is 5.56 Å². The minimum atomic E-state index is -2.82. The van der Waals surface area contributed by atoms with E-state index in [0.717, 1.165) is 22.4 Å². The van der Waals surface area contributed by atoms with Gasteiger partial charge >= 0.3 is 6.61 Å². The number of benzene rings is 2. The van der Waals surface area contributed by atoms with Gasteiger partial charge in [0.1, 0.15) is 11.6 Å². The number of hydrogen-bond acceptors (Lipinski definition) is 3. The number of aliphatic imine (C=N–C) groups is 1. The Morgan fingerprint density at radius 2 is 1.77 bits per heavy atom. The molecule has 0 fully saturated rings. The van der Waals surface area contributed by atoms with E-state index in [1.54, 1.807) is 26.2 Å². The van der Waals surface area contributed by atoms with Crippen LogP contribution in [-0.2, 0) is 0 Å². The average molecular weight is 305 g/mol. The molecule has 6 heteroatoms. The lowest BCUT2D eigenvalue weighted by Crippen LogP contribution is -2.15. The second-order valence-electron chi connectivity index (χ2n) is 4.52. The minimum Gasteiger partial charge on any atom is -0.435 e. The van der Waals surface area contributed by atoms with Crippen molar-refractivity contribution in [1.29, 1.82) is 0 Å². The highest BCUT2D eigenvalue weighted by Gasteiger charge is 2.08. The first-order valence-electron chi connectivity index (χ1n) is 6.65. The van der Waals surface area contributed by atoms with Crippen LogP contribution in [0.2, 0.25) is 0 Å². The van der Waals surface area contributed by atoms with Gasteiger partial charge in [0, 0.05) is 25.3 Å². The molecule has 4 nitrogen and oxygen atoms in total. The van der Waals surface area contributed by atoms with Crippen LogP contribution in [0.4, 0.5) is 14.5 Å². The zero-order valence-electron chi connectivity index (χ0n) is 12.3. The predicted molar refractivity (Wildman–Crippen MR) is 84.7 cm³/mol.